The van der Waals surface area contributed by atoms with Crippen molar-refractivity contribution >= 4 is 17.7 Å². The van der Waals surface area contributed by atoms with E-state index in [0.29, 0.717) is 24.6 Å². The predicted molar refractivity (Wildman–Crippen MR) is 86.4 cm³/mol. The van der Waals surface area contributed by atoms with Gasteiger partial charge in [0.15, 0.2) is 0 Å². The Labute approximate surface area is 140 Å². The van der Waals surface area contributed by atoms with Crippen molar-refractivity contribution in [2.24, 2.45) is 16.1 Å². The summed E-state index contributed by atoms with van der Waals surface area (Å²) in [6, 6.07) is 6.59. The second-order valence-electron chi connectivity index (χ2n) is 6.31. The van der Waals surface area contributed by atoms with Crippen LogP contribution >= 0.6 is 0 Å². The maximum atomic E-state index is 12.2. The zero-order chi connectivity index (χ0) is 17.1. The molecule has 1 aromatic carbocycles. The normalized spacial score (nSPS) is 20.6. The molecule has 0 aromatic heterocycles. The largest absolute Gasteiger partial charge is 0.345 e. The molecule has 3 amide bonds. The third-order valence-electron chi connectivity index (χ3n) is 4.56. The van der Waals surface area contributed by atoms with Crippen molar-refractivity contribution in [2.45, 2.75) is 25.8 Å². The van der Waals surface area contributed by atoms with E-state index in [1.807, 2.05) is 6.07 Å². The number of rotatable bonds is 2. The molecule has 0 spiro atoms. The number of amides is 3. The fraction of sp³-hybridized carbons (Fsp3) is 0.471. The van der Waals surface area contributed by atoms with Gasteiger partial charge in [0.2, 0.25) is 0 Å². The summed E-state index contributed by atoms with van der Waals surface area (Å²) in [5.41, 5.74) is 1.21. The third-order valence-corrected chi connectivity index (χ3v) is 4.56. The number of hydrogen-bond acceptors (Lipinski definition) is 4. The number of likely N-dealkylation sites (tertiary alicyclic amines) is 1. The van der Waals surface area contributed by atoms with E-state index in [1.54, 1.807) is 23.1 Å². The lowest BCUT2D eigenvalue weighted by atomic mass is 9.99. The van der Waals surface area contributed by atoms with Crippen LogP contribution in [0.15, 0.2) is 34.5 Å². The summed E-state index contributed by atoms with van der Waals surface area (Å²) in [5, 5.41) is 10.2. The van der Waals surface area contributed by atoms with Gasteiger partial charge in [-0.05, 0) is 30.4 Å². The van der Waals surface area contributed by atoms with E-state index in [0.717, 1.165) is 18.4 Å². The van der Waals surface area contributed by atoms with Crippen LogP contribution in [-0.4, -0.2) is 42.3 Å². The molecule has 2 aliphatic heterocycles. The minimum Gasteiger partial charge on any atom is -0.345 e. The highest BCUT2D eigenvalue weighted by Crippen LogP contribution is 2.26. The molecule has 1 saturated heterocycles. The molecule has 1 unspecified atom stereocenters. The van der Waals surface area contributed by atoms with Gasteiger partial charge in [-0.3, -0.25) is 14.4 Å². The Morgan fingerprint density at radius 2 is 1.96 bits per heavy atom. The summed E-state index contributed by atoms with van der Waals surface area (Å²) in [6.07, 6.45) is 1.84. The summed E-state index contributed by atoms with van der Waals surface area (Å²) in [6.45, 7) is 3.53. The SMILES string of the molecule is CC1CCN(C(=O)C(=O)NCC2N=NC(=O)c3ccccc32)CC1. The van der Waals surface area contributed by atoms with E-state index in [2.05, 4.69) is 22.5 Å². The topological polar surface area (TPSA) is 91.2 Å². The number of carbonyl (C=O) groups excluding carboxylic acids is 3. The number of nitrogens with zero attached hydrogens (tertiary/aromatic N) is 3. The summed E-state index contributed by atoms with van der Waals surface area (Å²) >= 11 is 0. The molecule has 24 heavy (non-hydrogen) atoms. The molecule has 0 bridgehead atoms. The lowest BCUT2D eigenvalue weighted by Crippen LogP contribution is -2.47. The van der Waals surface area contributed by atoms with Gasteiger partial charge in [0.05, 0.1) is 0 Å². The standard InChI is InChI=1S/C17H20N4O3/c1-11-6-8-21(9-7-11)17(24)16(23)18-10-14-12-4-2-3-5-13(12)15(22)20-19-14/h2-5,11,14H,6-10H2,1H3,(H,18,23). The molecule has 1 atom stereocenters. The number of carbonyl (C=O) groups is 3. The Morgan fingerprint density at radius 3 is 2.71 bits per heavy atom. The third kappa shape index (κ3) is 3.34. The molecule has 2 heterocycles. The Hall–Kier alpha value is -2.57. The first-order valence-corrected chi connectivity index (χ1v) is 8.17. The quantitative estimate of drug-likeness (QED) is 0.838. The molecular formula is C17H20N4O3. The molecule has 1 aromatic rings. The Kier molecular flexibility index (Phi) is 4.69. The molecule has 3 rings (SSSR count). The van der Waals surface area contributed by atoms with Gasteiger partial charge >= 0.3 is 11.8 Å². The second kappa shape index (κ2) is 6.90. The number of fused-ring (bicyclic) bond motifs is 1. The van der Waals surface area contributed by atoms with Crippen molar-refractivity contribution in [3.05, 3.63) is 35.4 Å². The first kappa shape index (κ1) is 16.3. The highest BCUT2D eigenvalue weighted by Gasteiger charge is 2.28. The van der Waals surface area contributed by atoms with Gasteiger partial charge in [-0.2, -0.15) is 5.11 Å². The van der Waals surface area contributed by atoms with Crippen molar-refractivity contribution in [3.8, 4) is 0 Å². The Balaban J connectivity index is 1.59. The number of hydrogen-bond donors (Lipinski definition) is 1. The monoisotopic (exact) mass is 328 g/mol. The smallest absolute Gasteiger partial charge is 0.311 e. The molecule has 7 nitrogen and oxygen atoms in total. The van der Waals surface area contributed by atoms with Crippen LogP contribution in [0, 0.1) is 5.92 Å². The van der Waals surface area contributed by atoms with Gasteiger partial charge in [-0.25, -0.2) is 0 Å². The van der Waals surface area contributed by atoms with Crippen LogP contribution < -0.4 is 5.32 Å². The van der Waals surface area contributed by atoms with Gasteiger partial charge in [-0.1, -0.05) is 25.1 Å². The highest BCUT2D eigenvalue weighted by molar-refractivity contribution is 6.35. The van der Waals surface area contributed by atoms with Gasteiger partial charge in [0.25, 0.3) is 5.91 Å². The van der Waals surface area contributed by atoms with Gasteiger partial charge < -0.3 is 10.2 Å². The lowest BCUT2D eigenvalue weighted by molar-refractivity contribution is -0.146. The zero-order valence-electron chi connectivity index (χ0n) is 13.6. The summed E-state index contributed by atoms with van der Waals surface area (Å²) in [7, 11) is 0. The lowest BCUT2D eigenvalue weighted by Gasteiger charge is -2.29. The first-order chi connectivity index (χ1) is 11.6. The maximum Gasteiger partial charge on any atom is 0.311 e. The number of piperidine rings is 1. The van der Waals surface area contributed by atoms with Crippen molar-refractivity contribution in [1.82, 2.24) is 10.2 Å². The summed E-state index contributed by atoms with van der Waals surface area (Å²) in [5.74, 6) is -0.923. The molecule has 2 aliphatic rings. The minimum absolute atomic E-state index is 0.141. The predicted octanol–water partition coefficient (Wildman–Crippen LogP) is 1.71. The maximum absolute atomic E-state index is 12.2. The fourth-order valence-corrected chi connectivity index (χ4v) is 2.99. The average molecular weight is 328 g/mol. The molecule has 0 saturated carbocycles. The van der Waals surface area contributed by atoms with E-state index >= 15 is 0 Å². The molecular weight excluding hydrogens is 308 g/mol. The second-order valence-corrected chi connectivity index (χ2v) is 6.31. The van der Waals surface area contributed by atoms with Crippen LogP contribution in [0.3, 0.4) is 0 Å². The van der Waals surface area contributed by atoms with Gasteiger partial charge in [0.1, 0.15) is 6.04 Å². The van der Waals surface area contributed by atoms with E-state index in [4.69, 9.17) is 0 Å². The van der Waals surface area contributed by atoms with Crippen molar-refractivity contribution in [3.63, 3.8) is 0 Å². The number of azo groups is 1. The Morgan fingerprint density at radius 1 is 1.25 bits per heavy atom. The van der Waals surface area contributed by atoms with E-state index in [1.165, 1.54) is 0 Å². The van der Waals surface area contributed by atoms with E-state index in [-0.39, 0.29) is 12.5 Å². The van der Waals surface area contributed by atoms with Gasteiger partial charge in [-0.15, -0.1) is 5.11 Å². The summed E-state index contributed by atoms with van der Waals surface area (Å²) in [4.78, 5) is 37.6. The fourth-order valence-electron chi connectivity index (χ4n) is 2.99. The average Bonchev–Trinajstić information content (AvgIpc) is 2.61. The molecule has 0 aliphatic carbocycles. The van der Waals surface area contributed by atoms with Crippen LogP contribution in [0.25, 0.3) is 0 Å². The van der Waals surface area contributed by atoms with E-state index in [9.17, 15) is 14.4 Å². The van der Waals surface area contributed by atoms with Crippen LogP contribution in [0.5, 0.6) is 0 Å². The summed E-state index contributed by atoms with van der Waals surface area (Å²) < 4.78 is 0. The van der Waals surface area contributed by atoms with Crippen molar-refractivity contribution in [1.29, 1.82) is 0 Å². The number of nitrogens with one attached hydrogen (secondary N) is 1. The minimum atomic E-state index is -0.630. The van der Waals surface area contributed by atoms with Crippen LogP contribution in [-0.2, 0) is 9.59 Å². The Bertz CT molecular complexity index is 693. The molecule has 0 radical (unpaired) electrons. The van der Waals surface area contributed by atoms with E-state index < -0.39 is 17.9 Å². The van der Waals surface area contributed by atoms with Gasteiger partial charge in [0, 0.05) is 25.2 Å². The van der Waals surface area contributed by atoms with Crippen molar-refractivity contribution in [2.75, 3.05) is 19.6 Å². The molecule has 1 N–H and O–H groups in total. The first-order valence-electron chi connectivity index (χ1n) is 8.17. The number of benzene rings is 1. The zero-order valence-corrected chi connectivity index (χ0v) is 13.6. The van der Waals surface area contributed by atoms with Crippen LogP contribution in [0.4, 0.5) is 0 Å². The van der Waals surface area contributed by atoms with Crippen LogP contribution in [0.1, 0.15) is 41.7 Å². The van der Waals surface area contributed by atoms with Crippen molar-refractivity contribution < 1.29 is 14.4 Å². The highest BCUT2D eigenvalue weighted by atomic mass is 16.2. The molecule has 1 fully saturated rings. The molecule has 126 valence electrons. The van der Waals surface area contributed by atoms with Crippen LogP contribution in [0.2, 0.25) is 0 Å². The molecule has 7 heteroatoms.